The van der Waals surface area contributed by atoms with E-state index in [1.165, 1.54) is 0 Å². The number of nitrogens with zero attached hydrogens (tertiary/aromatic N) is 1. The third-order valence-electron chi connectivity index (χ3n) is 4.03. The maximum absolute atomic E-state index is 11.1. The summed E-state index contributed by atoms with van der Waals surface area (Å²) in [6.07, 6.45) is 3.07. The van der Waals surface area contributed by atoms with Crippen LogP contribution in [0.2, 0.25) is 0 Å². The highest BCUT2D eigenvalue weighted by atomic mass is 32.2. The van der Waals surface area contributed by atoms with E-state index in [1.807, 2.05) is 30.5 Å². The molecule has 0 radical (unpaired) electrons. The van der Waals surface area contributed by atoms with Crippen LogP contribution in [0.4, 0.5) is 5.69 Å². The third kappa shape index (κ3) is 4.07. The average Bonchev–Trinajstić information content (AvgIpc) is 3.17. The number of anilines is 1. The quantitative estimate of drug-likeness (QED) is 0.388. The highest BCUT2D eigenvalue weighted by Crippen LogP contribution is 2.53. The van der Waals surface area contributed by atoms with Crippen LogP contribution in [0.25, 0.3) is 10.1 Å². The second kappa shape index (κ2) is 7.85. The molecule has 0 spiro atoms. The van der Waals surface area contributed by atoms with Gasteiger partial charge in [-0.2, -0.15) is 8.42 Å². The van der Waals surface area contributed by atoms with Gasteiger partial charge in [-0.05, 0) is 36.4 Å². The van der Waals surface area contributed by atoms with Crippen molar-refractivity contribution in [3.63, 3.8) is 0 Å². The summed E-state index contributed by atoms with van der Waals surface area (Å²) in [4.78, 5) is 4.01. The van der Waals surface area contributed by atoms with Crippen molar-refractivity contribution in [2.45, 2.75) is 24.7 Å². The summed E-state index contributed by atoms with van der Waals surface area (Å²) in [6.45, 7) is 2.49. The molecule has 0 amide bonds. The zero-order chi connectivity index (χ0) is 18.9. The van der Waals surface area contributed by atoms with Gasteiger partial charge in [0.2, 0.25) is 0 Å². The molecular weight excluding hydrogens is 410 g/mol. The van der Waals surface area contributed by atoms with Gasteiger partial charge in [0, 0.05) is 21.7 Å². The van der Waals surface area contributed by atoms with Crippen molar-refractivity contribution >= 4 is 66.1 Å². The number of rotatable bonds is 7. The Morgan fingerprint density at radius 3 is 2.88 bits per heavy atom. The molecule has 1 aromatic heterocycles. The summed E-state index contributed by atoms with van der Waals surface area (Å²) in [5.41, 5.74) is 1.06. The van der Waals surface area contributed by atoms with E-state index in [2.05, 4.69) is 4.90 Å². The predicted molar refractivity (Wildman–Crippen MR) is 114 cm³/mol. The summed E-state index contributed by atoms with van der Waals surface area (Å²) >= 11 is 8.62. The maximum atomic E-state index is 11.1. The van der Waals surface area contributed by atoms with Gasteiger partial charge in [-0.3, -0.25) is 4.55 Å². The van der Waals surface area contributed by atoms with E-state index in [0.717, 1.165) is 42.7 Å². The number of allylic oxidation sites excluding steroid dienone is 1. The molecule has 3 rings (SSSR count). The molecule has 0 atom stereocenters. The Hall–Kier alpha value is -1.13. The fourth-order valence-electron chi connectivity index (χ4n) is 2.82. The lowest BCUT2D eigenvalue weighted by Crippen LogP contribution is -2.22. The van der Waals surface area contributed by atoms with Crippen molar-refractivity contribution < 1.29 is 17.7 Å². The molecule has 2 aromatic rings. The number of thioether (sulfide) groups is 1. The zero-order valence-electron chi connectivity index (χ0n) is 14.4. The van der Waals surface area contributed by atoms with Gasteiger partial charge in [-0.25, -0.2) is 0 Å². The van der Waals surface area contributed by atoms with Gasteiger partial charge in [-0.1, -0.05) is 30.9 Å². The van der Waals surface area contributed by atoms with E-state index in [4.69, 9.17) is 21.5 Å². The Labute approximate surface area is 166 Å². The molecule has 0 aliphatic carbocycles. The summed E-state index contributed by atoms with van der Waals surface area (Å²) in [6, 6.07) is 4.04. The first-order chi connectivity index (χ1) is 12.3. The summed E-state index contributed by atoms with van der Waals surface area (Å²) in [5.74, 6) is 0.559. The van der Waals surface area contributed by atoms with Gasteiger partial charge in [0.15, 0.2) is 0 Å². The van der Waals surface area contributed by atoms with Crippen molar-refractivity contribution in [2.75, 3.05) is 24.3 Å². The minimum Gasteiger partial charge on any atom is -0.496 e. The molecule has 2 heterocycles. The zero-order valence-corrected chi connectivity index (χ0v) is 17.7. The average molecular weight is 430 g/mol. The van der Waals surface area contributed by atoms with Crippen molar-refractivity contribution in [1.29, 1.82) is 0 Å². The van der Waals surface area contributed by atoms with Crippen molar-refractivity contribution in [1.82, 2.24) is 0 Å². The number of thiophene rings is 1. The van der Waals surface area contributed by atoms with Gasteiger partial charge in [0.05, 0.1) is 28.3 Å². The Bertz CT molecular complexity index is 978. The lowest BCUT2D eigenvalue weighted by Gasteiger charge is -2.21. The number of hydrogen-bond acceptors (Lipinski definition) is 7. The molecule has 1 aliphatic rings. The van der Waals surface area contributed by atoms with E-state index >= 15 is 0 Å². The molecule has 0 saturated heterocycles. The molecule has 0 fully saturated rings. The van der Waals surface area contributed by atoms with Gasteiger partial charge in [-0.15, -0.1) is 11.3 Å². The number of benzene rings is 1. The Morgan fingerprint density at radius 2 is 2.23 bits per heavy atom. The standard InChI is InChI=1S/C17H19NO4S4/c1-3-11(23)9-15-18(6-4-8-26(19,20)21)16-14(25-15)10-13(22-2)12-5-7-24-17(12)16/h5,7,9-10H,3-4,6,8H2,1-2H3,(H,19,20,21)/b15-9+. The first-order valence-corrected chi connectivity index (χ1v) is 11.8. The minimum absolute atomic E-state index is 0.265. The van der Waals surface area contributed by atoms with Crippen LogP contribution in [0.1, 0.15) is 19.8 Å². The second-order valence-electron chi connectivity index (χ2n) is 5.78. The number of methoxy groups -OCH3 is 1. The smallest absolute Gasteiger partial charge is 0.264 e. The lowest BCUT2D eigenvalue weighted by atomic mass is 10.2. The molecule has 9 heteroatoms. The molecule has 140 valence electrons. The van der Waals surface area contributed by atoms with Gasteiger partial charge < -0.3 is 9.64 Å². The van der Waals surface area contributed by atoms with Crippen LogP contribution in [0.3, 0.4) is 0 Å². The Kier molecular flexibility index (Phi) is 5.93. The van der Waals surface area contributed by atoms with E-state index in [0.29, 0.717) is 13.0 Å². The largest absolute Gasteiger partial charge is 0.496 e. The van der Waals surface area contributed by atoms with Gasteiger partial charge in [0.25, 0.3) is 10.1 Å². The van der Waals surface area contributed by atoms with Crippen LogP contribution in [0.15, 0.2) is 33.5 Å². The normalized spacial score (nSPS) is 15.7. The molecule has 5 nitrogen and oxygen atoms in total. The predicted octanol–water partition coefficient (Wildman–Crippen LogP) is 4.72. The molecule has 1 aromatic carbocycles. The van der Waals surface area contributed by atoms with E-state index in [9.17, 15) is 8.42 Å². The molecule has 1 N–H and O–H groups in total. The van der Waals surface area contributed by atoms with E-state index in [1.54, 1.807) is 30.2 Å². The summed E-state index contributed by atoms with van der Waals surface area (Å²) in [7, 11) is -2.32. The molecule has 0 bridgehead atoms. The van der Waals surface area contributed by atoms with Crippen molar-refractivity contribution in [2.24, 2.45) is 0 Å². The van der Waals surface area contributed by atoms with E-state index in [-0.39, 0.29) is 5.75 Å². The van der Waals surface area contributed by atoms with Crippen LogP contribution >= 0.6 is 35.3 Å². The minimum atomic E-state index is -3.98. The first-order valence-electron chi connectivity index (χ1n) is 8.07. The third-order valence-corrected chi connectivity index (χ3v) is 7.24. The van der Waals surface area contributed by atoms with E-state index < -0.39 is 10.1 Å². The van der Waals surface area contributed by atoms with Crippen LogP contribution < -0.4 is 9.64 Å². The molecular formula is C17H19NO4S4. The van der Waals surface area contributed by atoms with Gasteiger partial charge >= 0.3 is 0 Å². The number of thiocarbonyl (C=S) groups is 1. The molecule has 1 aliphatic heterocycles. The topological polar surface area (TPSA) is 66.8 Å². The molecule has 0 unspecified atom stereocenters. The monoisotopic (exact) mass is 429 g/mol. The van der Waals surface area contributed by atoms with Crippen molar-refractivity contribution in [3.8, 4) is 5.75 Å². The molecule has 26 heavy (non-hydrogen) atoms. The highest BCUT2D eigenvalue weighted by Gasteiger charge is 2.29. The lowest BCUT2D eigenvalue weighted by molar-refractivity contribution is 0.419. The number of fused-ring (bicyclic) bond motifs is 3. The van der Waals surface area contributed by atoms with Crippen molar-refractivity contribution in [3.05, 3.63) is 28.6 Å². The second-order valence-corrected chi connectivity index (χ2v) is 9.86. The fourth-order valence-corrected chi connectivity index (χ4v) is 5.72. The Morgan fingerprint density at radius 1 is 1.46 bits per heavy atom. The van der Waals surface area contributed by atoms with Crippen LogP contribution in [-0.4, -0.2) is 37.2 Å². The first kappa shape index (κ1) is 19.6. The summed E-state index contributed by atoms with van der Waals surface area (Å²) in [5, 5.41) is 4.04. The number of ether oxygens (including phenoxy) is 1. The SMILES string of the molecule is CCC(=S)/C=C1/Sc2cc(OC)c3ccsc3c2N1CCCS(=O)(=O)O. The van der Waals surface area contributed by atoms with Crippen LogP contribution in [0.5, 0.6) is 5.75 Å². The van der Waals surface area contributed by atoms with Crippen LogP contribution in [0, 0.1) is 0 Å². The molecule has 0 saturated carbocycles. The fraction of sp³-hybridized carbons (Fsp3) is 0.353. The van der Waals surface area contributed by atoms with Gasteiger partial charge in [0.1, 0.15) is 5.75 Å². The number of hydrogen-bond donors (Lipinski definition) is 1. The summed E-state index contributed by atoms with van der Waals surface area (Å²) < 4.78 is 37.9. The highest BCUT2D eigenvalue weighted by molar-refractivity contribution is 8.03. The maximum Gasteiger partial charge on any atom is 0.264 e. The Balaban J connectivity index is 2.04. The van der Waals surface area contributed by atoms with Crippen LogP contribution in [-0.2, 0) is 10.1 Å².